The molecule has 1 aliphatic rings. The van der Waals surface area contributed by atoms with E-state index in [0.717, 1.165) is 13.1 Å². The van der Waals surface area contributed by atoms with Crippen LogP contribution in [0.2, 0.25) is 0 Å². The summed E-state index contributed by atoms with van der Waals surface area (Å²) in [5.74, 6) is 1.64. The van der Waals surface area contributed by atoms with Crippen molar-refractivity contribution >= 4 is 0 Å². The SMILES string of the molecule is CCOc1cncc(OCC2CCNC2)n1. The predicted octanol–water partition coefficient (Wildman–Crippen LogP) is 0.864. The van der Waals surface area contributed by atoms with Crippen molar-refractivity contribution in [2.24, 2.45) is 5.92 Å². The Hall–Kier alpha value is -1.36. The first-order valence-electron chi connectivity index (χ1n) is 5.67. The lowest BCUT2D eigenvalue weighted by atomic mass is 10.1. The Balaban J connectivity index is 1.85. The van der Waals surface area contributed by atoms with E-state index in [-0.39, 0.29) is 0 Å². The molecule has 0 bridgehead atoms. The molecule has 1 fully saturated rings. The molecule has 1 saturated heterocycles. The van der Waals surface area contributed by atoms with Gasteiger partial charge in [-0.25, -0.2) is 0 Å². The molecule has 88 valence electrons. The fourth-order valence-electron chi connectivity index (χ4n) is 1.68. The third kappa shape index (κ3) is 3.06. The zero-order valence-electron chi connectivity index (χ0n) is 9.48. The Labute approximate surface area is 95.2 Å². The zero-order chi connectivity index (χ0) is 11.2. The Kier molecular flexibility index (Phi) is 3.93. The van der Waals surface area contributed by atoms with E-state index in [1.54, 1.807) is 12.4 Å². The highest BCUT2D eigenvalue weighted by Gasteiger charge is 2.15. The van der Waals surface area contributed by atoms with E-state index in [0.29, 0.717) is 30.9 Å². The van der Waals surface area contributed by atoms with E-state index in [1.807, 2.05) is 6.92 Å². The van der Waals surface area contributed by atoms with Crippen molar-refractivity contribution in [2.75, 3.05) is 26.3 Å². The summed E-state index contributed by atoms with van der Waals surface area (Å²) in [4.78, 5) is 8.22. The monoisotopic (exact) mass is 223 g/mol. The molecular weight excluding hydrogens is 206 g/mol. The highest BCUT2D eigenvalue weighted by Crippen LogP contribution is 2.14. The minimum atomic E-state index is 0.518. The van der Waals surface area contributed by atoms with Crippen molar-refractivity contribution in [2.45, 2.75) is 13.3 Å². The van der Waals surface area contributed by atoms with E-state index in [2.05, 4.69) is 15.3 Å². The fourth-order valence-corrected chi connectivity index (χ4v) is 1.68. The number of nitrogens with one attached hydrogen (secondary N) is 1. The summed E-state index contributed by atoms with van der Waals surface area (Å²) in [6.07, 6.45) is 4.37. The first kappa shape index (κ1) is 11.1. The van der Waals surface area contributed by atoms with Crippen LogP contribution < -0.4 is 14.8 Å². The molecule has 0 amide bonds. The zero-order valence-corrected chi connectivity index (χ0v) is 9.48. The van der Waals surface area contributed by atoms with Crippen molar-refractivity contribution in [3.8, 4) is 11.8 Å². The van der Waals surface area contributed by atoms with Gasteiger partial charge in [0.2, 0.25) is 11.8 Å². The minimum absolute atomic E-state index is 0.518. The van der Waals surface area contributed by atoms with E-state index < -0.39 is 0 Å². The second-order valence-electron chi connectivity index (χ2n) is 3.80. The van der Waals surface area contributed by atoms with Gasteiger partial charge in [-0.2, -0.15) is 4.98 Å². The molecule has 1 aromatic rings. The third-order valence-corrected chi connectivity index (χ3v) is 2.51. The van der Waals surface area contributed by atoms with Crippen molar-refractivity contribution in [3.05, 3.63) is 12.4 Å². The lowest BCUT2D eigenvalue weighted by Crippen LogP contribution is -2.16. The van der Waals surface area contributed by atoms with E-state index in [9.17, 15) is 0 Å². The van der Waals surface area contributed by atoms with Gasteiger partial charge in [-0.15, -0.1) is 0 Å². The molecule has 2 heterocycles. The molecule has 0 spiro atoms. The number of hydrogen-bond donors (Lipinski definition) is 1. The van der Waals surface area contributed by atoms with Crippen LogP contribution in [0.1, 0.15) is 13.3 Å². The first-order valence-corrected chi connectivity index (χ1v) is 5.67. The summed E-state index contributed by atoms with van der Waals surface area (Å²) in [5, 5.41) is 3.30. The molecule has 0 aliphatic carbocycles. The molecule has 1 N–H and O–H groups in total. The van der Waals surface area contributed by atoms with E-state index in [1.165, 1.54) is 6.42 Å². The van der Waals surface area contributed by atoms with Gasteiger partial charge in [-0.1, -0.05) is 0 Å². The second-order valence-corrected chi connectivity index (χ2v) is 3.80. The van der Waals surface area contributed by atoms with Crippen molar-refractivity contribution in [3.63, 3.8) is 0 Å². The van der Waals surface area contributed by atoms with Gasteiger partial charge in [0.05, 0.1) is 25.6 Å². The van der Waals surface area contributed by atoms with Gasteiger partial charge in [0.1, 0.15) is 0 Å². The van der Waals surface area contributed by atoms with Crippen LogP contribution in [-0.2, 0) is 0 Å². The number of hydrogen-bond acceptors (Lipinski definition) is 5. The molecule has 1 unspecified atom stereocenters. The van der Waals surface area contributed by atoms with Crippen LogP contribution in [-0.4, -0.2) is 36.3 Å². The molecule has 5 nitrogen and oxygen atoms in total. The summed E-state index contributed by atoms with van der Waals surface area (Å²) < 4.78 is 10.8. The maximum Gasteiger partial charge on any atom is 0.235 e. The average Bonchev–Trinajstić information content (AvgIpc) is 2.80. The molecule has 0 saturated carbocycles. The summed E-state index contributed by atoms with van der Waals surface area (Å²) in [6, 6.07) is 0. The normalized spacial score (nSPS) is 19.7. The largest absolute Gasteiger partial charge is 0.477 e. The molecule has 1 atom stereocenters. The molecule has 1 aromatic heterocycles. The quantitative estimate of drug-likeness (QED) is 0.802. The first-order chi connectivity index (χ1) is 7.88. The highest BCUT2D eigenvalue weighted by atomic mass is 16.5. The van der Waals surface area contributed by atoms with Gasteiger partial charge >= 0.3 is 0 Å². The highest BCUT2D eigenvalue weighted by molar-refractivity contribution is 5.12. The second kappa shape index (κ2) is 5.65. The Bertz CT molecular complexity index is 327. The predicted molar refractivity (Wildman–Crippen MR) is 59.7 cm³/mol. The topological polar surface area (TPSA) is 56.3 Å². The van der Waals surface area contributed by atoms with Crippen LogP contribution in [0.3, 0.4) is 0 Å². The van der Waals surface area contributed by atoms with Crippen LogP contribution in [0.4, 0.5) is 0 Å². The van der Waals surface area contributed by atoms with Crippen LogP contribution in [0, 0.1) is 5.92 Å². The number of ether oxygens (including phenoxy) is 2. The van der Waals surface area contributed by atoms with Gasteiger partial charge in [-0.05, 0) is 19.9 Å². The molecule has 16 heavy (non-hydrogen) atoms. The Morgan fingerprint density at radius 2 is 2.19 bits per heavy atom. The van der Waals surface area contributed by atoms with Gasteiger partial charge in [-0.3, -0.25) is 4.98 Å². The maximum atomic E-state index is 5.58. The van der Waals surface area contributed by atoms with Crippen molar-refractivity contribution in [1.29, 1.82) is 0 Å². The summed E-state index contributed by atoms with van der Waals surface area (Å²) >= 11 is 0. The van der Waals surface area contributed by atoms with Gasteiger partial charge in [0.25, 0.3) is 0 Å². The van der Waals surface area contributed by atoms with Crippen LogP contribution >= 0.6 is 0 Å². The van der Waals surface area contributed by atoms with Crippen LogP contribution in [0.5, 0.6) is 11.8 Å². The van der Waals surface area contributed by atoms with E-state index >= 15 is 0 Å². The van der Waals surface area contributed by atoms with Crippen LogP contribution in [0.25, 0.3) is 0 Å². The Morgan fingerprint density at radius 1 is 1.38 bits per heavy atom. The number of aromatic nitrogens is 2. The van der Waals surface area contributed by atoms with Crippen molar-refractivity contribution < 1.29 is 9.47 Å². The van der Waals surface area contributed by atoms with Gasteiger partial charge < -0.3 is 14.8 Å². The molecule has 0 radical (unpaired) electrons. The molecule has 2 rings (SSSR count). The molecule has 1 aliphatic heterocycles. The minimum Gasteiger partial charge on any atom is -0.477 e. The standard InChI is InChI=1S/C11H17N3O2/c1-2-15-10-6-13-7-11(14-10)16-8-9-3-4-12-5-9/h6-7,9,12H,2-5,8H2,1H3. The lowest BCUT2D eigenvalue weighted by molar-refractivity contribution is 0.243. The van der Waals surface area contributed by atoms with Crippen LogP contribution in [0.15, 0.2) is 12.4 Å². The number of rotatable bonds is 5. The summed E-state index contributed by atoms with van der Waals surface area (Å²) in [7, 11) is 0. The summed E-state index contributed by atoms with van der Waals surface area (Å²) in [6.45, 7) is 5.30. The van der Waals surface area contributed by atoms with Gasteiger partial charge in [0, 0.05) is 12.5 Å². The molecule has 0 aromatic carbocycles. The Morgan fingerprint density at radius 3 is 2.88 bits per heavy atom. The molecule has 5 heteroatoms. The smallest absolute Gasteiger partial charge is 0.235 e. The number of nitrogens with zero attached hydrogens (tertiary/aromatic N) is 2. The summed E-state index contributed by atoms with van der Waals surface area (Å²) in [5.41, 5.74) is 0. The molecular formula is C11H17N3O2. The van der Waals surface area contributed by atoms with E-state index in [4.69, 9.17) is 9.47 Å². The lowest BCUT2D eigenvalue weighted by Gasteiger charge is -2.10. The fraction of sp³-hybridized carbons (Fsp3) is 0.636. The van der Waals surface area contributed by atoms with Gasteiger partial charge in [0.15, 0.2) is 0 Å². The maximum absolute atomic E-state index is 5.58. The average molecular weight is 223 g/mol. The van der Waals surface area contributed by atoms with Crippen molar-refractivity contribution in [1.82, 2.24) is 15.3 Å². The third-order valence-electron chi connectivity index (χ3n) is 2.51.